The number of nitrogens with zero attached hydrogens (tertiary/aromatic N) is 1. The van der Waals surface area contributed by atoms with Crippen molar-refractivity contribution >= 4 is 23.5 Å². The molecular weight excluding hydrogens is 340 g/mol. The monoisotopic (exact) mass is 360 g/mol. The van der Waals surface area contributed by atoms with Crippen molar-refractivity contribution in [1.29, 1.82) is 0 Å². The van der Waals surface area contributed by atoms with Crippen molar-refractivity contribution in [2.24, 2.45) is 5.92 Å². The van der Waals surface area contributed by atoms with Crippen LogP contribution in [0.3, 0.4) is 0 Å². The minimum atomic E-state index is -0.612. The van der Waals surface area contributed by atoms with E-state index in [-0.39, 0.29) is 29.3 Å². The highest BCUT2D eigenvalue weighted by Gasteiger charge is 2.17. The van der Waals surface area contributed by atoms with Gasteiger partial charge in [-0.05, 0) is 30.0 Å². The van der Waals surface area contributed by atoms with Crippen LogP contribution in [0.25, 0.3) is 0 Å². The van der Waals surface area contributed by atoms with E-state index in [1.54, 1.807) is 0 Å². The summed E-state index contributed by atoms with van der Waals surface area (Å²) < 4.78 is 5.04. The standard InChI is InChI=1S/C19H21ClN2O3/c1-13(2)10-16(14-6-4-3-5-7-14)22-18(23)12-25-19(24)15-8-9-17(20)21-11-15/h3-9,11,13,16H,10,12H2,1-2H3,(H,22,23)/t16-/m1/s1. The topological polar surface area (TPSA) is 68.3 Å². The highest BCUT2D eigenvalue weighted by molar-refractivity contribution is 6.29. The number of hydrogen-bond donors (Lipinski definition) is 1. The van der Waals surface area contributed by atoms with E-state index < -0.39 is 5.97 Å². The zero-order valence-electron chi connectivity index (χ0n) is 14.2. The maximum Gasteiger partial charge on any atom is 0.340 e. The van der Waals surface area contributed by atoms with E-state index in [1.165, 1.54) is 18.3 Å². The molecule has 1 amide bonds. The zero-order chi connectivity index (χ0) is 18.2. The molecular formula is C19H21ClN2O3. The number of amides is 1. The molecule has 132 valence electrons. The molecule has 1 aromatic carbocycles. The smallest absolute Gasteiger partial charge is 0.340 e. The van der Waals surface area contributed by atoms with Gasteiger partial charge in [0.25, 0.3) is 5.91 Å². The summed E-state index contributed by atoms with van der Waals surface area (Å²) in [6.07, 6.45) is 2.11. The molecule has 0 saturated carbocycles. The van der Waals surface area contributed by atoms with Crippen LogP contribution in [0.1, 0.15) is 42.2 Å². The molecule has 0 aliphatic heterocycles. The molecule has 1 heterocycles. The second-order valence-electron chi connectivity index (χ2n) is 6.11. The summed E-state index contributed by atoms with van der Waals surface area (Å²) in [5.41, 5.74) is 1.27. The number of rotatable bonds is 7. The van der Waals surface area contributed by atoms with Gasteiger partial charge in [-0.3, -0.25) is 4.79 Å². The van der Waals surface area contributed by atoms with Crippen LogP contribution in [-0.2, 0) is 9.53 Å². The van der Waals surface area contributed by atoms with Gasteiger partial charge in [0, 0.05) is 6.20 Å². The Balaban J connectivity index is 1.92. The Morgan fingerprint density at radius 1 is 1.16 bits per heavy atom. The molecule has 0 aliphatic rings. The Morgan fingerprint density at radius 2 is 1.88 bits per heavy atom. The largest absolute Gasteiger partial charge is 0.452 e. The molecule has 1 atom stereocenters. The lowest BCUT2D eigenvalue weighted by Crippen LogP contribution is -2.33. The van der Waals surface area contributed by atoms with Crippen LogP contribution in [0.5, 0.6) is 0 Å². The Hall–Kier alpha value is -2.40. The summed E-state index contributed by atoms with van der Waals surface area (Å²) in [6.45, 7) is 3.84. The number of nitrogens with one attached hydrogen (secondary N) is 1. The number of carbonyl (C=O) groups is 2. The second kappa shape index (κ2) is 9.18. The molecule has 0 unspecified atom stereocenters. The van der Waals surface area contributed by atoms with Crippen molar-refractivity contribution in [1.82, 2.24) is 10.3 Å². The van der Waals surface area contributed by atoms with Crippen LogP contribution in [-0.4, -0.2) is 23.5 Å². The van der Waals surface area contributed by atoms with Gasteiger partial charge < -0.3 is 10.1 Å². The maximum absolute atomic E-state index is 12.2. The van der Waals surface area contributed by atoms with E-state index in [0.29, 0.717) is 5.92 Å². The first-order valence-electron chi connectivity index (χ1n) is 8.08. The Labute approximate surface area is 152 Å². The molecule has 1 N–H and O–H groups in total. The molecule has 2 aromatic rings. The minimum Gasteiger partial charge on any atom is -0.452 e. The molecule has 0 aliphatic carbocycles. The Bertz CT molecular complexity index is 702. The lowest BCUT2D eigenvalue weighted by atomic mass is 9.97. The molecule has 25 heavy (non-hydrogen) atoms. The van der Waals surface area contributed by atoms with Crippen LogP contribution in [0.2, 0.25) is 5.15 Å². The van der Waals surface area contributed by atoms with Gasteiger partial charge in [-0.25, -0.2) is 9.78 Å². The van der Waals surface area contributed by atoms with Crippen LogP contribution in [0.4, 0.5) is 0 Å². The maximum atomic E-state index is 12.2. The fraction of sp³-hybridized carbons (Fsp3) is 0.316. The average Bonchev–Trinajstić information content (AvgIpc) is 2.60. The summed E-state index contributed by atoms with van der Waals surface area (Å²) >= 11 is 5.67. The predicted molar refractivity (Wildman–Crippen MR) is 96.3 cm³/mol. The third-order valence-electron chi connectivity index (χ3n) is 3.54. The second-order valence-corrected chi connectivity index (χ2v) is 6.49. The van der Waals surface area contributed by atoms with Gasteiger partial charge in [0.05, 0.1) is 11.6 Å². The lowest BCUT2D eigenvalue weighted by Gasteiger charge is -2.21. The van der Waals surface area contributed by atoms with Crippen molar-refractivity contribution in [3.8, 4) is 0 Å². The number of esters is 1. The Morgan fingerprint density at radius 3 is 2.48 bits per heavy atom. The summed E-state index contributed by atoms with van der Waals surface area (Å²) in [4.78, 5) is 27.9. The molecule has 0 bridgehead atoms. The predicted octanol–water partition coefficient (Wildman–Crippen LogP) is 3.80. The molecule has 0 saturated heterocycles. The number of pyridine rings is 1. The summed E-state index contributed by atoms with van der Waals surface area (Å²) in [5, 5.41) is 3.21. The zero-order valence-corrected chi connectivity index (χ0v) is 15.0. The van der Waals surface area contributed by atoms with Gasteiger partial charge in [0.15, 0.2) is 6.61 Å². The summed E-state index contributed by atoms with van der Waals surface area (Å²) in [6, 6.07) is 12.6. The number of ether oxygens (including phenoxy) is 1. The lowest BCUT2D eigenvalue weighted by molar-refractivity contribution is -0.125. The SMILES string of the molecule is CC(C)C[C@@H](NC(=O)COC(=O)c1ccc(Cl)nc1)c1ccccc1. The van der Waals surface area contributed by atoms with Gasteiger partial charge >= 0.3 is 5.97 Å². The fourth-order valence-electron chi connectivity index (χ4n) is 2.38. The number of aromatic nitrogens is 1. The van der Waals surface area contributed by atoms with E-state index in [1.807, 2.05) is 30.3 Å². The van der Waals surface area contributed by atoms with Crippen LogP contribution < -0.4 is 5.32 Å². The molecule has 0 radical (unpaired) electrons. The molecule has 1 aromatic heterocycles. The highest BCUT2D eigenvalue weighted by Crippen LogP contribution is 2.21. The van der Waals surface area contributed by atoms with Crippen molar-refractivity contribution in [3.63, 3.8) is 0 Å². The molecule has 0 spiro atoms. The fourth-order valence-corrected chi connectivity index (χ4v) is 2.49. The first-order chi connectivity index (χ1) is 12.0. The first kappa shape index (κ1) is 18.9. The van der Waals surface area contributed by atoms with Crippen molar-refractivity contribution in [2.45, 2.75) is 26.3 Å². The Kier molecular flexibility index (Phi) is 6.95. The quantitative estimate of drug-likeness (QED) is 0.602. The van der Waals surface area contributed by atoms with E-state index in [9.17, 15) is 9.59 Å². The number of carbonyl (C=O) groups excluding carboxylic acids is 2. The van der Waals surface area contributed by atoms with Gasteiger partial charge in [0.1, 0.15) is 5.15 Å². The van der Waals surface area contributed by atoms with Crippen LogP contribution in [0.15, 0.2) is 48.7 Å². The molecule has 5 nitrogen and oxygen atoms in total. The third-order valence-corrected chi connectivity index (χ3v) is 3.77. The van der Waals surface area contributed by atoms with Gasteiger partial charge in [-0.2, -0.15) is 0 Å². The van der Waals surface area contributed by atoms with Crippen LogP contribution in [0, 0.1) is 5.92 Å². The van der Waals surface area contributed by atoms with Gasteiger partial charge in [-0.15, -0.1) is 0 Å². The molecule has 6 heteroatoms. The third kappa shape index (κ3) is 6.19. The van der Waals surface area contributed by atoms with Crippen LogP contribution >= 0.6 is 11.6 Å². The highest BCUT2D eigenvalue weighted by atomic mass is 35.5. The average molecular weight is 361 g/mol. The van der Waals surface area contributed by atoms with E-state index in [2.05, 4.69) is 24.1 Å². The first-order valence-corrected chi connectivity index (χ1v) is 8.46. The number of halogens is 1. The van der Waals surface area contributed by atoms with Crippen molar-refractivity contribution in [2.75, 3.05) is 6.61 Å². The molecule has 2 rings (SSSR count). The molecule has 0 fully saturated rings. The number of benzene rings is 1. The summed E-state index contributed by atoms with van der Waals surface area (Å²) in [7, 11) is 0. The summed E-state index contributed by atoms with van der Waals surface area (Å²) in [5.74, 6) is -0.544. The van der Waals surface area contributed by atoms with Crippen molar-refractivity contribution in [3.05, 3.63) is 64.9 Å². The van der Waals surface area contributed by atoms with E-state index in [4.69, 9.17) is 16.3 Å². The van der Waals surface area contributed by atoms with Gasteiger partial charge in [-0.1, -0.05) is 55.8 Å². The van der Waals surface area contributed by atoms with Gasteiger partial charge in [0.2, 0.25) is 0 Å². The number of hydrogen-bond acceptors (Lipinski definition) is 4. The normalized spacial score (nSPS) is 11.8. The van der Waals surface area contributed by atoms with E-state index >= 15 is 0 Å². The minimum absolute atomic E-state index is 0.121. The van der Waals surface area contributed by atoms with Crippen molar-refractivity contribution < 1.29 is 14.3 Å². The van der Waals surface area contributed by atoms with E-state index in [0.717, 1.165) is 12.0 Å².